The van der Waals surface area contributed by atoms with Crippen molar-refractivity contribution in [1.29, 1.82) is 0 Å². The molecule has 0 heterocycles. The minimum Gasteiger partial charge on any atom is -0.399 e. The third kappa shape index (κ3) is 3.31. The molecule has 2 rings (SSSR count). The summed E-state index contributed by atoms with van der Waals surface area (Å²) in [5.41, 5.74) is 6.35. The summed E-state index contributed by atoms with van der Waals surface area (Å²) in [6.45, 7) is 0. The van der Waals surface area contributed by atoms with Crippen LogP contribution in [0.1, 0.15) is 5.56 Å². The minimum absolute atomic E-state index is 0.0320. The monoisotopic (exact) mass is 377 g/mol. The number of hydrogen-bond acceptors (Lipinski definition) is 3. The highest BCUT2D eigenvalue weighted by molar-refractivity contribution is 9.10. The molecule has 0 fully saturated rings. The number of benzene rings is 2. The van der Waals surface area contributed by atoms with Crippen molar-refractivity contribution in [3.05, 3.63) is 57.3 Å². The van der Waals surface area contributed by atoms with E-state index in [1.807, 2.05) is 0 Å². The topological polar surface area (TPSA) is 60.2 Å². The van der Waals surface area contributed by atoms with E-state index in [0.29, 0.717) is 15.7 Å². The quantitative estimate of drug-likeness (QED) is 0.827. The van der Waals surface area contributed by atoms with Gasteiger partial charge in [0.2, 0.25) is 0 Å². The first-order valence-electron chi connectivity index (χ1n) is 5.51. The molecule has 2 aromatic rings. The van der Waals surface area contributed by atoms with Gasteiger partial charge in [0.05, 0.1) is 15.7 Å². The Balaban J connectivity index is 2.43. The molecule has 0 atom stereocenters. The van der Waals surface area contributed by atoms with Crippen LogP contribution in [0.3, 0.4) is 0 Å². The van der Waals surface area contributed by atoms with Crippen LogP contribution < -0.4 is 5.73 Å². The molecule has 0 aliphatic heterocycles. The summed E-state index contributed by atoms with van der Waals surface area (Å²) < 4.78 is 38.1. The number of nitrogen functional groups attached to an aromatic ring is 1. The number of hydrogen-bond donors (Lipinski definition) is 1. The second-order valence-corrected chi connectivity index (χ2v) is 7.40. The Morgan fingerprint density at radius 3 is 2.55 bits per heavy atom. The predicted octanol–water partition coefficient (Wildman–Crippen LogP) is 3.80. The smallest absolute Gasteiger partial charge is 0.184 e. The van der Waals surface area contributed by atoms with Crippen molar-refractivity contribution in [1.82, 2.24) is 0 Å². The van der Waals surface area contributed by atoms with Gasteiger partial charge in [0, 0.05) is 10.2 Å². The van der Waals surface area contributed by atoms with Crippen LogP contribution >= 0.6 is 27.5 Å². The molecule has 106 valence electrons. The van der Waals surface area contributed by atoms with Crippen LogP contribution in [0.5, 0.6) is 0 Å². The SMILES string of the molecule is Nc1ccc(Cl)c(S(=O)(=O)Cc2ccc(F)cc2Br)c1. The van der Waals surface area contributed by atoms with Crippen LogP contribution in [0.15, 0.2) is 45.8 Å². The summed E-state index contributed by atoms with van der Waals surface area (Å²) in [5.74, 6) is -0.739. The van der Waals surface area contributed by atoms with E-state index in [2.05, 4.69) is 15.9 Å². The standard InChI is InChI=1S/C13H10BrClFNO2S/c14-11-5-9(16)2-1-8(11)7-20(18,19)13-6-10(17)3-4-12(13)15/h1-6H,7,17H2. The lowest BCUT2D eigenvalue weighted by atomic mass is 10.2. The summed E-state index contributed by atoms with van der Waals surface area (Å²) in [4.78, 5) is -0.0320. The van der Waals surface area contributed by atoms with Crippen molar-refractivity contribution < 1.29 is 12.8 Å². The lowest BCUT2D eigenvalue weighted by Gasteiger charge is -2.09. The van der Waals surface area contributed by atoms with Gasteiger partial charge in [-0.1, -0.05) is 33.6 Å². The summed E-state index contributed by atoms with van der Waals surface area (Å²) in [6, 6.07) is 8.10. The van der Waals surface area contributed by atoms with Crippen LogP contribution in [0, 0.1) is 5.82 Å². The lowest BCUT2D eigenvalue weighted by molar-refractivity contribution is 0.594. The number of anilines is 1. The molecular formula is C13H10BrClFNO2S. The molecule has 0 unspecified atom stereocenters. The molecule has 20 heavy (non-hydrogen) atoms. The highest BCUT2D eigenvalue weighted by Gasteiger charge is 2.20. The number of halogens is 3. The van der Waals surface area contributed by atoms with Gasteiger partial charge in [-0.3, -0.25) is 0 Å². The van der Waals surface area contributed by atoms with Gasteiger partial charge in [0.25, 0.3) is 0 Å². The van der Waals surface area contributed by atoms with Gasteiger partial charge in [-0.15, -0.1) is 0 Å². The molecule has 0 aliphatic carbocycles. The fourth-order valence-corrected chi connectivity index (χ4v) is 4.32. The summed E-state index contributed by atoms with van der Waals surface area (Å²) in [6.07, 6.45) is 0. The molecule has 0 radical (unpaired) electrons. The van der Waals surface area contributed by atoms with Crippen molar-refractivity contribution >= 4 is 43.1 Å². The summed E-state index contributed by atoms with van der Waals surface area (Å²) >= 11 is 9.05. The molecule has 0 aliphatic rings. The number of rotatable bonds is 3. The number of nitrogens with two attached hydrogens (primary N) is 1. The Morgan fingerprint density at radius 1 is 1.20 bits per heavy atom. The maximum Gasteiger partial charge on any atom is 0.184 e. The van der Waals surface area contributed by atoms with Gasteiger partial charge in [-0.25, -0.2) is 12.8 Å². The molecule has 0 amide bonds. The molecule has 7 heteroatoms. The molecule has 2 aromatic carbocycles. The van der Waals surface area contributed by atoms with Crippen LogP contribution in [-0.2, 0) is 15.6 Å². The highest BCUT2D eigenvalue weighted by atomic mass is 79.9. The van der Waals surface area contributed by atoms with Gasteiger partial charge < -0.3 is 5.73 Å². The largest absolute Gasteiger partial charge is 0.399 e. The van der Waals surface area contributed by atoms with E-state index in [-0.39, 0.29) is 15.7 Å². The van der Waals surface area contributed by atoms with E-state index in [1.54, 1.807) is 0 Å². The Morgan fingerprint density at radius 2 is 1.90 bits per heavy atom. The van der Waals surface area contributed by atoms with E-state index in [1.165, 1.54) is 36.4 Å². The van der Waals surface area contributed by atoms with E-state index in [9.17, 15) is 12.8 Å². The van der Waals surface area contributed by atoms with Crippen molar-refractivity contribution in [2.24, 2.45) is 0 Å². The van der Waals surface area contributed by atoms with Gasteiger partial charge in [-0.2, -0.15) is 0 Å². The highest BCUT2D eigenvalue weighted by Crippen LogP contribution is 2.29. The Hall–Kier alpha value is -1.11. The first-order valence-corrected chi connectivity index (χ1v) is 8.33. The van der Waals surface area contributed by atoms with Gasteiger partial charge >= 0.3 is 0 Å². The third-order valence-electron chi connectivity index (χ3n) is 2.65. The zero-order chi connectivity index (χ0) is 14.9. The molecule has 0 spiro atoms. The average molecular weight is 379 g/mol. The van der Waals surface area contributed by atoms with Crippen molar-refractivity contribution in [3.63, 3.8) is 0 Å². The first-order chi connectivity index (χ1) is 9.29. The Labute approximate surface area is 129 Å². The van der Waals surface area contributed by atoms with Crippen LogP contribution in [-0.4, -0.2) is 8.42 Å². The first kappa shape index (κ1) is 15.3. The lowest BCUT2D eigenvalue weighted by Crippen LogP contribution is -2.07. The Bertz CT molecular complexity index is 765. The van der Waals surface area contributed by atoms with Crippen molar-refractivity contribution in [2.75, 3.05) is 5.73 Å². The predicted molar refractivity (Wildman–Crippen MR) is 80.9 cm³/mol. The second kappa shape index (κ2) is 5.71. The summed E-state index contributed by atoms with van der Waals surface area (Å²) in [5, 5.41) is 0.109. The minimum atomic E-state index is -3.67. The third-order valence-corrected chi connectivity index (χ3v) is 5.53. The van der Waals surface area contributed by atoms with Crippen molar-refractivity contribution in [3.8, 4) is 0 Å². The van der Waals surface area contributed by atoms with Crippen LogP contribution in [0.25, 0.3) is 0 Å². The van der Waals surface area contributed by atoms with E-state index in [4.69, 9.17) is 17.3 Å². The van der Waals surface area contributed by atoms with E-state index >= 15 is 0 Å². The molecule has 3 nitrogen and oxygen atoms in total. The van der Waals surface area contributed by atoms with Gasteiger partial charge in [0.1, 0.15) is 5.82 Å². The maximum absolute atomic E-state index is 13.0. The molecule has 2 N–H and O–H groups in total. The summed E-state index contributed by atoms with van der Waals surface area (Å²) in [7, 11) is -3.67. The fraction of sp³-hybridized carbons (Fsp3) is 0.0769. The van der Waals surface area contributed by atoms with Crippen LogP contribution in [0.2, 0.25) is 5.02 Å². The van der Waals surface area contributed by atoms with E-state index < -0.39 is 15.7 Å². The zero-order valence-corrected chi connectivity index (χ0v) is 13.3. The maximum atomic E-state index is 13.0. The van der Waals surface area contributed by atoms with Gasteiger partial charge in [-0.05, 0) is 35.9 Å². The van der Waals surface area contributed by atoms with Gasteiger partial charge in [0.15, 0.2) is 9.84 Å². The molecule has 0 bridgehead atoms. The molecule has 0 aromatic heterocycles. The Kier molecular flexibility index (Phi) is 4.36. The molecule has 0 saturated carbocycles. The molecular weight excluding hydrogens is 369 g/mol. The molecule has 0 saturated heterocycles. The van der Waals surface area contributed by atoms with Crippen LogP contribution in [0.4, 0.5) is 10.1 Å². The second-order valence-electron chi connectivity index (χ2n) is 4.18. The fourth-order valence-electron chi connectivity index (χ4n) is 1.68. The van der Waals surface area contributed by atoms with Crippen molar-refractivity contribution in [2.45, 2.75) is 10.6 Å². The van der Waals surface area contributed by atoms with E-state index in [0.717, 1.165) is 0 Å². The zero-order valence-electron chi connectivity index (χ0n) is 10.1. The number of sulfone groups is 1. The average Bonchev–Trinajstić information content (AvgIpc) is 2.35. The normalized spacial score (nSPS) is 11.6.